The number of hydrogen-bond acceptors (Lipinski definition) is 2. The summed E-state index contributed by atoms with van der Waals surface area (Å²) in [4.78, 5) is 0. The predicted octanol–water partition coefficient (Wildman–Crippen LogP) is 3.41. The molecule has 1 aliphatic rings. The average Bonchev–Trinajstić information content (AvgIpc) is 2.84. The summed E-state index contributed by atoms with van der Waals surface area (Å²) in [6.45, 7) is 2.43. The van der Waals surface area contributed by atoms with E-state index >= 15 is 0 Å². The molecular formula is C16H25NO. The number of hydrogen-bond donors (Lipinski definition) is 1. The molecule has 0 spiro atoms. The molecule has 2 rings (SSSR count). The molecule has 0 saturated heterocycles. The SMILES string of the molecule is CNC(Cc1ccccc1OC)C1(C)CCCC1. The lowest BCUT2D eigenvalue weighted by molar-refractivity contribution is 0.228. The second-order valence-electron chi connectivity index (χ2n) is 5.72. The summed E-state index contributed by atoms with van der Waals surface area (Å²) >= 11 is 0. The topological polar surface area (TPSA) is 21.3 Å². The number of rotatable bonds is 5. The molecule has 1 saturated carbocycles. The van der Waals surface area contributed by atoms with Crippen LogP contribution in [-0.2, 0) is 6.42 Å². The molecule has 0 heterocycles. The Morgan fingerprint density at radius 1 is 1.28 bits per heavy atom. The summed E-state index contributed by atoms with van der Waals surface area (Å²) in [6.07, 6.45) is 6.49. The smallest absolute Gasteiger partial charge is 0.122 e. The van der Waals surface area contributed by atoms with Crippen LogP contribution in [0, 0.1) is 5.41 Å². The average molecular weight is 247 g/mol. The van der Waals surface area contributed by atoms with E-state index in [1.54, 1.807) is 7.11 Å². The molecule has 0 aliphatic heterocycles. The van der Waals surface area contributed by atoms with Crippen LogP contribution in [0.4, 0.5) is 0 Å². The van der Waals surface area contributed by atoms with Crippen molar-refractivity contribution in [1.82, 2.24) is 5.32 Å². The molecule has 1 N–H and O–H groups in total. The highest BCUT2D eigenvalue weighted by Gasteiger charge is 2.36. The van der Waals surface area contributed by atoms with Gasteiger partial charge in [-0.1, -0.05) is 38.0 Å². The van der Waals surface area contributed by atoms with Crippen molar-refractivity contribution in [1.29, 1.82) is 0 Å². The van der Waals surface area contributed by atoms with Crippen molar-refractivity contribution in [2.75, 3.05) is 14.2 Å². The van der Waals surface area contributed by atoms with Crippen molar-refractivity contribution in [3.8, 4) is 5.75 Å². The maximum Gasteiger partial charge on any atom is 0.122 e. The number of likely N-dealkylation sites (N-methyl/N-ethyl adjacent to an activating group) is 1. The molecule has 0 amide bonds. The molecule has 1 aromatic rings. The maximum absolute atomic E-state index is 5.46. The molecule has 18 heavy (non-hydrogen) atoms. The fourth-order valence-electron chi connectivity index (χ4n) is 3.32. The molecule has 1 aliphatic carbocycles. The minimum Gasteiger partial charge on any atom is -0.496 e. The van der Waals surface area contributed by atoms with E-state index in [9.17, 15) is 0 Å². The second-order valence-corrected chi connectivity index (χ2v) is 5.72. The first-order chi connectivity index (χ1) is 8.69. The zero-order valence-corrected chi connectivity index (χ0v) is 11.8. The Balaban J connectivity index is 2.15. The minimum atomic E-state index is 0.440. The van der Waals surface area contributed by atoms with Gasteiger partial charge in [0.2, 0.25) is 0 Å². The van der Waals surface area contributed by atoms with E-state index in [-0.39, 0.29) is 0 Å². The molecular weight excluding hydrogens is 222 g/mol. The quantitative estimate of drug-likeness (QED) is 0.861. The predicted molar refractivity (Wildman–Crippen MR) is 76.1 cm³/mol. The van der Waals surface area contributed by atoms with Crippen LogP contribution in [0.25, 0.3) is 0 Å². The first kappa shape index (κ1) is 13.4. The van der Waals surface area contributed by atoms with Gasteiger partial charge in [0.15, 0.2) is 0 Å². The highest BCUT2D eigenvalue weighted by molar-refractivity contribution is 5.34. The lowest BCUT2D eigenvalue weighted by Crippen LogP contribution is -2.41. The van der Waals surface area contributed by atoms with E-state index in [0.29, 0.717) is 11.5 Å². The van der Waals surface area contributed by atoms with E-state index in [1.165, 1.54) is 31.2 Å². The molecule has 1 atom stereocenters. The van der Waals surface area contributed by atoms with Crippen LogP contribution in [-0.4, -0.2) is 20.2 Å². The fraction of sp³-hybridized carbons (Fsp3) is 0.625. The largest absolute Gasteiger partial charge is 0.496 e. The van der Waals surface area contributed by atoms with Crippen LogP contribution in [0.3, 0.4) is 0 Å². The molecule has 0 radical (unpaired) electrons. The molecule has 2 nitrogen and oxygen atoms in total. The monoisotopic (exact) mass is 247 g/mol. The van der Waals surface area contributed by atoms with Crippen LogP contribution in [0.1, 0.15) is 38.2 Å². The Kier molecular flexibility index (Phi) is 4.28. The molecule has 0 bridgehead atoms. The van der Waals surface area contributed by atoms with Gasteiger partial charge in [-0.2, -0.15) is 0 Å². The Morgan fingerprint density at radius 2 is 1.94 bits per heavy atom. The van der Waals surface area contributed by atoms with E-state index in [4.69, 9.17) is 4.74 Å². The lowest BCUT2D eigenvalue weighted by Gasteiger charge is -2.34. The van der Waals surface area contributed by atoms with Crippen LogP contribution in [0.15, 0.2) is 24.3 Å². The lowest BCUT2D eigenvalue weighted by atomic mass is 9.78. The highest BCUT2D eigenvalue weighted by Crippen LogP contribution is 2.41. The summed E-state index contributed by atoms with van der Waals surface area (Å²) in [5, 5.41) is 3.53. The number of para-hydroxylation sites is 1. The fourth-order valence-corrected chi connectivity index (χ4v) is 3.32. The van der Waals surface area contributed by atoms with Crippen molar-refractivity contribution in [2.45, 2.75) is 45.1 Å². The van der Waals surface area contributed by atoms with E-state index < -0.39 is 0 Å². The maximum atomic E-state index is 5.46. The van der Waals surface area contributed by atoms with E-state index in [1.807, 2.05) is 6.07 Å². The molecule has 1 aromatic carbocycles. The van der Waals surface area contributed by atoms with Crippen molar-refractivity contribution < 1.29 is 4.74 Å². The van der Waals surface area contributed by atoms with E-state index in [0.717, 1.165) is 12.2 Å². The van der Waals surface area contributed by atoms with Crippen molar-refractivity contribution in [3.63, 3.8) is 0 Å². The summed E-state index contributed by atoms with van der Waals surface area (Å²) in [5.74, 6) is 1.01. The second kappa shape index (κ2) is 5.75. The van der Waals surface area contributed by atoms with Crippen molar-refractivity contribution in [2.24, 2.45) is 5.41 Å². The van der Waals surface area contributed by atoms with Gasteiger partial charge in [0.25, 0.3) is 0 Å². The first-order valence-corrected chi connectivity index (χ1v) is 6.99. The van der Waals surface area contributed by atoms with Gasteiger partial charge in [-0.25, -0.2) is 0 Å². The minimum absolute atomic E-state index is 0.440. The van der Waals surface area contributed by atoms with Crippen molar-refractivity contribution in [3.05, 3.63) is 29.8 Å². The van der Waals surface area contributed by atoms with Gasteiger partial charge < -0.3 is 10.1 Å². The standard InChI is InChI=1S/C16H25NO/c1-16(10-6-7-11-16)15(17-2)12-13-8-4-5-9-14(13)18-3/h4-5,8-9,15,17H,6-7,10-12H2,1-3H3. The summed E-state index contributed by atoms with van der Waals surface area (Å²) in [7, 11) is 3.84. The number of benzene rings is 1. The van der Waals surface area contributed by atoms with Gasteiger partial charge in [0, 0.05) is 6.04 Å². The third kappa shape index (κ3) is 2.69. The van der Waals surface area contributed by atoms with Gasteiger partial charge in [0.1, 0.15) is 5.75 Å². The normalized spacial score (nSPS) is 19.7. The van der Waals surface area contributed by atoms with Gasteiger partial charge in [0.05, 0.1) is 7.11 Å². The van der Waals surface area contributed by atoms with Crippen LogP contribution in [0.2, 0.25) is 0 Å². The Morgan fingerprint density at radius 3 is 2.56 bits per heavy atom. The third-order valence-electron chi connectivity index (χ3n) is 4.55. The first-order valence-electron chi connectivity index (χ1n) is 6.99. The number of methoxy groups -OCH3 is 1. The van der Waals surface area contributed by atoms with Gasteiger partial charge in [-0.15, -0.1) is 0 Å². The number of nitrogens with one attached hydrogen (secondary N) is 1. The Bertz CT molecular complexity index is 382. The zero-order chi connectivity index (χ0) is 13.0. The molecule has 100 valence electrons. The summed E-state index contributed by atoms with van der Waals surface area (Å²) in [6, 6.07) is 8.91. The van der Waals surface area contributed by atoms with Crippen LogP contribution < -0.4 is 10.1 Å². The third-order valence-corrected chi connectivity index (χ3v) is 4.55. The molecule has 1 fully saturated rings. The Labute approximate surface area is 111 Å². The zero-order valence-electron chi connectivity index (χ0n) is 11.8. The molecule has 1 unspecified atom stereocenters. The highest BCUT2D eigenvalue weighted by atomic mass is 16.5. The van der Waals surface area contributed by atoms with Crippen LogP contribution in [0.5, 0.6) is 5.75 Å². The van der Waals surface area contributed by atoms with Gasteiger partial charge in [-0.05, 0) is 43.4 Å². The van der Waals surface area contributed by atoms with Gasteiger partial charge in [-0.3, -0.25) is 0 Å². The summed E-state index contributed by atoms with van der Waals surface area (Å²) in [5.41, 5.74) is 1.75. The number of ether oxygens (including phenoxy) is 1. The van der Waals surface area contributed by atoms with E-state index in [2.05, 4.69) is 37.5 Å². The Hall–Kier alpha value is -1.02. The summed E-state index contributed by atoms with van der Waals surface area (Å²) < 4.78 is 5.46. The van der Waals surface area contributed by atoms with Crippen molar-refractivity contribution >= 4 is 0 Å². The van der Waals surface area contributed by atoms with Crippen LogP contribution >= 0.6 is 0 Å². The molecule has 2 heteroatoms. The van der Waals surface area contributed by atoms with Gasteiger partial charge >= 0.3 is 0 Å². The molecule has 0 aromatic heterocycles.